The summed E-state index contributed by atoms with van der Waals surface area (Å²) in [6.45, 7) is 3.23. The second-order valence-electron chi connectivity index (χ2n) is 2.79. The van der Waals surface area contributed by atoms with Gasteiger partial charge in [-0.05, 0) is 18.4 Å². The number of ether oxygens (including phenoxy) is 1. The van der Waals surface area contributed by atoms with Gasteiger partial charge in [0.15, 0.2) is 0 Å². The molecule has 1 aliphatic carbocycles. The Morgan fingerprint density at radius 1 is 1.75 bits per heavy atom. The fourth-order valence-corrected chi connectivity index (χ4v) is 1.46. The summed E-state index contributed by atoms with van der Waals surface area (Å²) in [5.74, 6) is 2.85. The highest BCUT2D eigenvalue weighted by Crippen LogP contribution is 2.37. The third-order valence-electron chi connectivity index (χ3n) is 1.96. The molecule has 1 aliphatic heterocycles. The van der Waals surface area contributed by atoms with E-state index in [1.54, 1.807) is 0 Å². The van der Waals surface area contributed by atoms with E-state index in [9.17, 15) is 0 Å². The van der Waals surface area contributed by atoms with Crippen molar-refractivity contribution in [2.45, 2.75) is 13.3 Å². The molecule has 0 aromatic carbocycles. The van der Waals surface area contributed by atoms with Gasteiger partial charge in [0, 0.05) is 0 Å². The first-order valence-electron chi connectivity index (χ1n) is 3.21. The Labute approximate surface area is 49.3 Å². The second kappa shape index (κ2) is 1.28. The highest BCUT2D eigenvalue weighted by Gasteiger charge is 2.32. The first kappa shape index (κ1) is 4.42. The molecule has 0 aromatic rings. The SMILES string of the molecule is C[C@H]1C=C2OCC2C1. The molecule has 1 fully saturated rings. The van der Waals surface area contributed by atoms with Crippen LogP contribution >= 0.6 is 0 Å². The largest absolute Gasteiger partial charge is 0.497 e. The van der Waals surface area contributed by atoms with Crippen LogP contribution in [0, 0.1) is 11.8 Å². The van der Waals surface area contributed by atoms with Crippen molar-refractivity contribution in [3.05, 3.63) is 11.8 Å². The molecular formula is C7H10O. The van der Waals surface area contributed by atoms with E-state index in [1.165, 1.54) is 12.2 Å². The molecule has 0 N–H and O–H groups in total. The van der Waals surface area contributed by atoms with Crippen molar-refractivity contribution in [3.63, 3.8) is 0 Å². The summed E-state index contributed by atoms with van der Waals surface area (Å²) < 4.78 is 5.19. The van der Waals surface area contributed by atoms with Gasteiger partial charge in [0.1, 0.15) is 0 Å². The second-order valence-corrected chi connectivity index (χ2v) is 2.79. The van der Waals surface area contributed by atoms with Crippen LogP contribution in [-0.2, 0) is 4.74 Å². The molecule has 1 saturated heterocycles. The van der Waals surface area contributed by atoms with Gasteiger partial charge < -0.3 is 4.74 Å². The fourth-order valence-electron chi connectivity index (χ4n) is 1.46. The number of rotatable bonds is 0. The number of hydrogen-bond donors (Lipinski definition) is 0. The van der Waals surface area contributed by atoms with Crippen molar-refractivity contribution in [3.8, 4) is 0 Å². The van der Waals surface area contributed by atoms with Crippen LogP contribution in [0.3, 0.4) is 0 Å². The van der Waals surface area contributed by atoms with Crippen LogP contribution in [-0.4, -0.2) is 6.61 Å². The zero-order chi connectivity index (χ0) is 5.56. The molecule has 1 heteroatoms. The molecular weight excluding hydrogens is 100 g/mol. The van der Waals surface area contributed by atoms with Gasteiger partial charge in [0.25, 0.3) is 0 Å². The Bertz CT molecular complexity index is 137. The Morgan fingerprint density at radius 3 is 2.88 bits per heavy atom. The van der Waals surface area contributed by atoms with Gasteiger partial charge in [0.05, 0.1) is 18.3 Å². The Kier molecular flexibility index (Phi) is 0.706. The van der Waals surface area contributed by atoms with Gasteiger partial charge in [-0.15, -0.1) is 0 Å². The van der Waals surface area contributed by atoms with Crippen LogP contribution in [0.2, 0.25) is 0 Å². The third kappa shape index (κ3) is 0.417. The predicted molar refractivity (Wildman–Crippen MR) is 31.3 cm³/mol. The van der Waals surface area contributed by atoms with E-state index in [2.05, 4.69) is 13.0 Å². The minimum Gasteiger partial charge on any atom is -0.497 e. The molecule has 1 nitrogen and oxygen atoms in total. The number of fused-ring (bicyclic) bond motifs is 1. The lowest BCUT2D eigenvalue weighted by Crippen LogP contribution is -2.21. The zero-order valence-corrected chi connectivity index (χ0v) is 5.05. The fraction of sp³-hybridized carbons (Fsp3) is 0.714. The van der Waals surface area contributed by atoms with Gasteiger partial charge >= 0.3 is 0 Å². The van der Waals surface area contributed by atoms with Gasteiger partial charge in [-0.1, -0.05) is 6.92 Å². The van der Waals surface area contributed by atoms with Crippen molar-refractivity contribution >= 4 is 0 Å². The highest BCUT2D eigenvalue weighted by molar-refractivity contribution is 5.13. The maximum Gasteiger partial charge on any atom is 0.0988 e. The summed E-state index contributed by atoms with van der Waals surface area (Å²) >= 11 is 0. The summed E-state index contributed by atoms with van der Waals surface area (Å²) in [5, 5.41) is 0. The van der Waals surface area contributed by atoms with E-state index in [0.717, 1.165) is 18.4 Å². The first-order chi connectivity index (χ1) is 3.86. The van der Waals surface area contributed by atoms with Crippen LogP contribution in [0.4, 0.5) is 0 Å². The summed E-state index contributed by atoms with van der Waals surface area (Å²) in [6.07, 6.45) is 3.57. The molecule has 2 atom stereocenters. The molecule has 0 saturated carbocycles. The maximum absolute atomic E-state index is 5.19. The van der Waals surface area contributed by atoms with Gasteiger partial charge in [-0.2, -0.15) is 0 Å². The van der Waals surface area contributed by atoms with Crippen LogP contribution in [0.5, 0.6) is 0 Å². The minimum absolute atomic E-state index is 0.775. The molecule has 8 heavy (non-hydrogen) atoms. The Balaban J connectivity index is 2.17. The van der Waals surface area contributed by atoms with E-state index in [4.69, 9.17) is 4.74 Å². The van der Waals surface area contributed by atoms with Crippen LogP contribution in [0.1, 0.15) is 13.3 Å². The first-order valence-corrected chi connectivity index (χ1v) is 3.21. The molecule has 0 radical (unpaired) electrons. The van der Waals surface area contributed by atoms with Crippen LogP contribution in [0.15, 0.2) is 11.8 Å². The van der Waals surface area contributed by atoms with E-state index in [1.807, 2.05) is 0 Å². The smallest absolute Gasteiger partial charge is 0.0988 e. The molecule has 1 unspecified atom stereocenters. The van der Waals surface area contributed by atoms with Crippen molar-refractivity contribution < 1.29 is 4.74 Å². The van der Waals surface area contributed by atoms with E-state index >= 15 is 0 Å². The topological polar surface area (TPSA) is 9.23 Å². The normalized spacial score (nSPS) is 41.9. The Hall–Kier alpha value is -0.460. The number of allylic oxidation sites excluding steroid dienone is 1. The lowest BCUT2D eigenvalue weighted by molar-refractivity contribution is 0.0544. The van der Waals surface area contributed by atoms with Crippen molar-refractivity contribution in [1.82, 2.24) is 0 Å². The lowest BCUT2D eigenvalue weighted by atomic mass is 10.0. The van der Waals surface area contributed by atoms with Crippen molar-refractivity contribution in [2.75, 3.05) is 6.61 Å². The average molecular weight is 110 g/mol. The highest BCUT2D eigenvalue weighted by atomic mass is 16.5. The molecule has 0 amide bonds. The maximum atomic E-state index is 5.19. The standard InChI is InChI=1S/C7H10O/c1-5-2-6-4-8-7(6)3-5/h3,5-6H,2,4H2,1H3/t5-,6?/m1/s1. The van der Waals surface area contributed by atoms with Gasteiger partial charge in [0.2, 0.25) is 0 Å². The monoisotopic (exact) mass is 110 g/mol. The third-order valence-corrected chi connectivity index (χ3v) is 1.96. The molecule has 2 rings (SSSR count). The Morgan fingerprint density at radius 2 is 2.62 bits per heavy atom. The molecule has 0 spiro atoms. The summed E-state index contributed by atoms with van der Waals surface area (Å²) in [6, 6.07) is 0. The summed E-state index contributed by atoms with van der Waals surface area (Å²) in [4.78, 5) is 0. The van der Waals surface area contributed by atoms with Gasteiger partial charge in [-0.25, -0.2) is 0 Å². The average Bonchev–Trinajstić information content (AvgIpc) is 1.91. The molecule has 0 aromatic heterocycles. The number of hydrogen-bond acceptors (Lipinski definition) is 1. The van der Waals surface area contributed by atoms with E-state index in [0.29, 0.717) is 0 Å². The van der Waals surface area contributed by atoms with Crippen LogP contribution < -0.4 is 0 Å². The predicted octanol–water partition coefficient (Wildman–Crippen LogP) is 1.56. The quantitative estimate of drug-likeness (QED) is 0.459. The molecule has 1 heterocycles. The molecule has 44 valence electrons. The van der Waals surface area contributed by atoms with E-state index < -0.39 is 0 Å². The van der Waals surface area contributed by atoms with Crippen molar-refractivity contribution in [1.29, 1.82) is 0 Å². The van der Waals surface area contributed by atoms with Crippen LogP contribution in [0.25, 0.3) is 0 Å². The molecule has 0 bridgehead atoms. The summed E-state index contributed by atoms with van der Waals surface area (Å²) in [7, 11) is 0. The zero-order valence-electron chi connectivity index (χ0n) is 5.05. The molecule has 2 aliphatic rings. The summed E-state index contributed by atoms with van der Waals surface area (Å²) in [5.41, 5.74) is 0. The van der Waals surface area contributed by atoms with E-state index in [-0.39, 0.29) is 0 Å². The lowest BCUT2D eigenvalue weighted by Gasteiger charge is -2.25. The van der Waals surface area contributed by atoms with Gasteiger partial charge in [-0.3, -0.25) is 0 Å². The van der Waals surface area contributed by atoms with Crippen molar-refractivity contribution in [2.24, 2.45) is 11.8 Å². The minimum atomic E-state index is 0.775.